The zero-order chi connectivity index (χ0) is 22.0. The van der Waals surface area contributed by atoms with Crippen molar-refractivity contribution in [3.63, 3.8) is 0 Å². The average molecular weight is 421 g/mol. The highest BCUT2D eigenvalue weighted by Gasteiger charge is 2.41. The normalized spacial score (nSPS) is 17.4. The molecule has 0 aliphatic carbocycles. The number of methoxy groups -OCH3 is 1. The van der Waals surface area contributed by atoms with Crippen molar-refractivity contribution in [2.75, 3.05) is 31.6 Å². The maximum absolute atomic E-state index is 12.9. The number of carbonyl (C=O) groups is 3. The first-order valence-corrected chi connectivity index (χ1v) is 10.6. The van der Waals surface area contributed by atoms with Crippen molar-refractivity contribution in [2.45, 2.75) is 32.2 Å². The molecule has 2 aliphatic rings. The smallest absolute Gasteiger partial charge is 0.332 e. The summed E-state index contributed by atoms with van der Waals surface area (Å²) < 4.78 is 5.28. The van der Waals surface area contributed by atoms with Gasteiger partial charge in [-0.25, -0.2) is 9.69 Å². The SMILES string of the molecule is COc1ccc(CC(=O)N2CCC(N3CC(=O)N(c4ccccc4)C3=O)CC2)cc1C. The Morgan fingerprint density at radius 3 is 2.42 bits per heavy atom. The number of hydrogen-bond donors (Lipinski definition) is 0. The molecule has 2 aromatic carbocycles. The zero-order valence-corrected chi connectivity index (χ0v) is 17.9. The van der Waals surface area contributed by atoms with E-state index in [0.29, 0.717) is 38.0 Å². The van der Waals surface area contributed by atoms with E-state index in [-0.39, 0.29) is 30.4 Å². The average Bonchev–Trinajstić information content (AvgIpc) is 3.08. The van der Waals surface area contributed by atoms with Gasteiger partial charge < -0.3 is 14.5 Å². The molecule has 2 fully saturated rings. The maximum atomic E-state index is 12.9. The monoisotopic (exact) mass is 421 g/mol. The number of urea groups is 1. The fourth-order valence-corrected chi connectivity index (χ4v) is 4.40. The van der Waals surface area contributed by atoms with Crippen LogP contribution in [0, 0.1) is 6.92 Å². The molecule has 0 spiro atoms. The summed E-state index contributed by atoms with van der Waals surface area (Å²) in [6.45, 7) is 3.23. The number of para-hydroxylation sites is 1. The van der Waals surface area contributed by atoms with Crippen LogP contribution < -0.4 is 9.64 Å². The number of aryl methyl sites for hydroxylation is 1. The van der Waals surface area contributed by atoms with Crippen molar-refractivity contribution in [3.05, 3.63) is 59.7 Å². The number of imide groups is 1. The number of ether oxygens (including phenoxy) is 1. The topological polar surface area (TPSA) is 70.2 Å². The molecule has 4 rings (SSSR count). The summed E-state index contributed by atoms with van der Waals surface area (Å²) in [5, 5.41) is 0. The Kier molecular flexibility index (Phi) is 5.93. The molecule has 0 radical (unpaired) electrons. The first kappa shape index (κ1) is 20.9. The number of nitrogens with zero attached hydrogens (tertiary/aromatic N) is 3. The summed E-state index contributed by atoms with van der Waals surface area (Å²) in [4.78, 5) is 42.9. The summed E-state index contributed by atoms with van der Waals surface area (Å²) in [6.07, 6.45) is 1.70. The molecule has 2 aliphatic heterocycles. The van der Waals surface area contributed by atoms with Crippen LogP contribution in [0.5, 0.6) is 5.75 Å². The van der Waals surface area contributed by atoms with Gasteiger partial charge in [0, 0.05) is 19.1 Å². The lowest BCUT2D eigenvalue weighted by atomic mass is 10.0. The van der Waals surface area contributed by atoms with Crippen molar-refractivity contribution < 1.29 is 19.1 Å². The Bertz CT molecular complexity index is 984. The van der Waals surface area contributed by atoms with Gasteiger partial charge in [-0.3, -0.25) is 9.59 Å². The lowest BCUT2D eigenvalue weighted by Crippen LogP contribution is -2.48. The van der Waals surface area contributed by atoms with E-state index in [1.54, 1.807) is 24.1 Å². The number of amides is 4. The van der Waals surface area contributed by atoms with Crippen molar-refractivity contribution in [1.29, 1.82) is 0 Å². The quantitative estimate of drug-likeness (QED) is 0.696. The van der Waals surface area contributed by atoms with Crippen LogP contribution in [0.15, 0.2) is 48.5 Å². The molecule has 2 heterocycles. The van der Waals surface area contributed by atoms with Crippen molar-refractivity contribution in [2.24, 2.45) is 0 Å². The Morgan fingerprint density at radius 1 is 1.06 bits per heavy atom. The number of likely N-dealkylation sites (tertiary alicyclic amines) is 1. The highest BCUT2D eigenvalue weighted by Crippen LogP contribution is 2.26. The zero-order valence-electron chi connectivity index (χ0n) is 17.9. The molecule has 0 atom stereocenters. The van der Waals surface area contributed by atoms with Crippen LogP contribution in [-0.2, 0) is 16.0 Å². The molecule has 0 unspecified atom stereocenters. The molecule has 0 saturated carbocycles. The van der Waals surface area contributed by atoms with Crippen LogP contribution in [0.2, 0.25) is 0 Å². The molecule has 2 saturated heterocycles. The lowest BCUT2D eigenvalue weighted by Gasteiger charge is -2.36. The molecule has 31 heavy (non-hydrogen) atoms. The van der Waals surface area contributed by atoms with Gasteiger partial charge in [0.1, 0.15) is 12.3 Å². The summed E-state index contributed by atoms with van der Waals surface area (Å²) in [5.74, 6) is 0.689. The number of hydrogen-bond acceptors (Lipinski definition) is 4. The number of anilines is 1. The Labute approximate surface area is 182 Å². The minimum Gasteiger partial charge on any atom is -0.496 e. The van der Waals surface area contributed by atoms with Crippen LogP contribution in [0.3, 0.4) is 0 Å². The van der Waals surface area contributed by atoms with Crippen LogP contribution in [-0.4, -0.2) is 60.4 Å². The van der Waals surface area contributed by atoms with Gasteiger partial charge in [-0.2, -0.15) is 0 Å². The van der Waals surface area contributed by atoms with Gasteiger partial charge >= 0.3 is 6.03 Å². The van der Waals surface area contributed by atoms with Crippen LogP contribution >= 0.6 is 0 Å². The molecule has 4 amide bonds. The third-order valence-corrected chi connectivity index (χ3v) is 6.08. The first-order chi connectivity index (χ1) is 15.0. The molecule has 0 aromatic heterocycles. The first-order valence-electron chi connectivity index (χ1n) is 10.6. The Balaban J connectivity index is 1.34. The van der Waals surface area contributed by atoms with E-state index in [1.165, 1.54) is 4.90 Å². The fraction of sp³-hybridized carbons (Fsp3) is 0.375. The third kappa shape index (κ3) is 4.26. The predicted octanol–water partition coefficient (Wildman–Crippen LogP) is 3.01. The largest absolute Gasteiger partial charge is 0.496 e. The van der Waals surface area contributed by atoms with Crippen LogP contribution in [0.25, 0.3) is 0 Å². The van der Waals surface area contributed by atoms with Crippen molar-refractivity contribution >= 4 is 23.5 Å². The third-order valence-electron chi connectivity index (χ3n) is 6.08. The fourth-order valence-electron chi connectivity index (χ4n) is 4.40. The van der Waals surface area contributed by atoms with E-state index in [1.807, 2.05) is 48.2 Å². The van der Waals surface area contributed by atoms with Gasteiger partial charge in [-0.15, -0.1) is 0 Å². The molecule has 0 N–H and O–H groups in total. The molecular weight excluding hydrogens is 394 g/mol. The second kappa shape index (κ2) is 8.79. The minimum absolute atomic E-state index is 0.0301. The van der Waals surface area contributed by atoms with Crippen molar-refractivity contribution in [3.8, 4) is 5.75 Å². The van der Waals surface area contributed by atoms with E-state index in [4.69, 9.17) is 4.74 Å². The van der Waals surface area contributed by atoms with Gasteiger partial charge in [0.05, 0.1) is 19.2 Å². The highest BCUT2D eigenvalue weighted by atomic mass is 16.5. The van der Waals surface area contributed by atoms with Crippen LogP contribution in [0.4, 0.5) is 10.5 Å². The maximum Gasteiger partial charge on any atom is 0.332 e. The number of rotatable bonds is 5. The molecule has 2 aromatic rings. The standard InChI is InChI=1S/C24H27N3O4/c1-17-14-18(8-9-21(17)31-2)15-22(28)25-12-10-19(11-13-25)26-16-23(29)27(24(26)30)20-6-4-3-5-7-20/h3-9,14,19H,10-13,15-16H2,1-2H3. The van der Waals surface area contributed by atoms with E-state index in [2.05, 4.69) is 0 Å². The van der Waals surface area contributed by atoms with Gasteiger partial charge in [-0.05, 0) is 49.1 Å². The summed E-state index contributed by atoms with van der Waals surface area (Å²) in [7, 11) is 1.63. The predicted molar refractivity (Wildman–Crippen MR) is 117 cm³/mol. The number of piperidine rings is 1. The van der Waals surface area contributed by atoms with E-state index < -0.39 is 0 Å². The molecule has 7 heteroatoms. The number of carbonyl (C=O) groups excluding carboxylic acids is 3. The summed E-state index contributed by atoms with van der Waals surface area (Å²) in [6, 6.07) is 14.5. The Hall–Kier alpha value is -3.35. The van der Waals surface area contributed by atoms with E-state index in [0.717, 1.165) is 16.9 Å². The Morgan fingerprint density at radius 2 is 1.77 bits per heavy atom. The van der Waals surface area contributed by atoms with Gasteiger partial charge in [0.2, 0.25) is 5.91 Å². The van der Waals surface area contributed by atoms with Crippen molar-refractivity contribution in [1.82, 2.24) is 9.80 Å². The highest BCUT2D eigenvalue weighted by molar-refractivity contribution is 6.19. The second-order valence-electron chi connectivity index (χ2n) is 8.07. The van der Waals surface area contributed by atoms with Gasteiger partial charge in [0.15, 0.2) is 0 Å². The molecule has 0 bridgehead atoms. The van der Waals surface area contributed by atoms with Crippen LogP contribution in [0.1, 0.15) is 24.0 Å². The number of benzene rings is 2. The van der Waals surface area contributed by atoms with Gasteiger partial charge in [0.25, 0.3) is 5.91 Å². The van der Waals surface area contributed by atoms with E-state index in [9.17, 15) is 14.4 Å². The summed E-state index contributed by atoms with van der Waals surface area (Å²) in [5.41, 5.74) is 2.57. The lowest BCUT2D eigenvalue weighted by molar-refractivity contribution is -0.132. The van der Waals surface area contributed by atoms with E-state index >= 15 is 0 Å². The minimum atomic E-state index is -0.269. The summed E-state index contributed by atoms with van der Waals surface area (Å²) >= 11 is 0. The molecular formula is C24H27N3O4. The molecule has 162 valence electrons. The molecule has 7 nitrogen and oxygen atoms in total. The second-order valence-corrected chi connectivity index (χ2v) is 8.07. The van der Waals surface area contributed by atoms with Gasteiger partial charge in [-0.1, -0.05) is 30.3 Å².